The molecular weight excluding hydrogens is 877 g/mol. The highest BCUT2D eigenvalue weighted by atomic mass is 16.6. The fourth-order valence-corrected chi connectivity index (χ4v) is 8.45. The van der Waals surface area contributed by atoms with Crippen molar-refractivity contribution in [2.24, 2.45) is 0 Å². The summed E-state index contributed by atoms with van der Waals surface area (Å²) in [4.78, 5) is 37.8. The molecule has 0 rings (SSSR count). The van der Waals surface area contributed by atoms with Gasteiger partial charge in [-0.1, -0.05) is 266 Å². The number of hydrogen-bond acceptors (Lipinski definition) is 6. The molecule has 0 aliphatic heterocycles. The second-order valence-electron chi connectivity index (χ2n) is 19.9. The van der Waals surface area contributed by atoms with E-state index < -0.39 is 6.10 Å². The van der Waals surface area contributed by atoms with E-state index in [1.165, 1.54) is 122 Å². The van der Waals surface area contributed by atoms with Gasteiger partial charge in [0, 0.05) is 19.3 Å². The Morgan fingerprint density at radius 3 is 0.859 bits per heavy atom. The predicted molar refractivity (Wildman–Crippen MR) is 307 cm³/mol. The van der Waals surface area contributed by atoms with Crippen molar-refractivity contribution in [1.82, 2.24) is 0 Å². The summed E-state index contributed by atoms with van der Waals surface area (Å²) in [6.07, 6.45) is 77.9. The molecule has 0 spiro atoms. The van der Waals surface area contributed by atoms with Crippen molar-refractivity contribution < 1.29 is 28.6 Å². The summed E-state index contributed by atoms with van der Waals surface area (Å²) in [6, 6.07) is 0. The molecule has 0 bridgehead atoms. The van der Waals surface area contributed by atoms with Crippen LogP contribution in [0, 0.1) is 0 Å². The lowest BCUT2D eigenvalue weighted by atomic mass is 10.0. The summed E-state index contributed by atoms with van der Waals surface area (Å²) in [7, 11) is 0. The number of rotatable bonds is 54. The summed E-state index contributed by atoms with van der Waals surface area (Å²) in [5, 5.41) is 0. The average Bonchev–Trinajstić information content (AvgIpc) is 3.37. The van der Waals surface area contributed by atoms with Crippen molar-refractivity contribution >= 4 is 17.9 Å². The van der Waals surface area contributed by atoms with Crippen molar-refractivity contribution in [3.05, 3.63) is 85.1 Å². The first-order valence-corrected chi connectivity index (χ1v) is 30.1. The Hall–Kier alpha value is -3.41. The van der Waals surface area contributed by atoms with Crippen LogP contribution in [0.25, 0.3) is 0 Å². The summed E-state index contributed by atoms with van der Waals surface area (Å²) in [5.74, 6) is -0.904. The van der Waals surface area contributed by atoms with Gasteiger partial charge in [-0.25, -0.2) is 0 Å². The molecular formula is C65H112O6. The highest BCUT2D eigenvalue weighted by molar-refractivity contribution is 5.71. The van der Waals surface area contributed by atoms with Gasteiger partial charge in [0.05, 0.1) is 0 Å². The third-order valence-electron chi connectivity index (χ3n) is 12.9. The maximum absolute atomic E-state index is 12.7. The molecule has 0 aliphatic carbocycles. The molecule has 0 saturated heterocycles. The molecule has 0 N–H and O–H groups in total. The summed E-state index contributed by atoms with van der Waals surface area (Å²) in [5.41, 5.74) is 0. The van der Waals surface area contributed by atoms with Crippen LogP contribution in [-0.4, -0.2) is 37.2 Å². The van der Waals surface area contributed by atoms with Crippen LogP contribution in [0.2, 0.25) is 0 Å². The molecule has 0 aliphatic rings. The van der Waals surface area contributed by atoms with Crippen molar-refractivity contribution in [3.8, 4) is 0 Å². The van der Waals surface area contributed by atoms with Crippen LogP contribution in [0.4, 0.5) is 0 Å². The molecule has 0 radical (unpaired) electrons. The number of allylic oxidation sites excluding steroid dienone is 14. The molecule has 0 amide bonds. The maximum Gasteiger partial charge on any atom is 0.306 e. The molecule has 0 saturated carbocycles. The van der Waals surface area contributed by atoms with Gasteiger partial charge in [-0.15, -0.1) is 0 Å². The molecule has 6 heteroatoms. The normalized spacial score (nSPS) is 12.7. The minimum atomic E-state index is -0.779. The van der Waals surface area contributed by atoms with E-state index in [0.29, 0.717) is 19.3 Å². The lowest BCUT2D eigenvalue weighted by molar-refractivity contribution is -0.167. The topological polar surface area (TPSA) is 78.9 Å². The monoisotopic (exact) mass is 989 g/mol. The van der Waals surface area contributed by atoms with Crippen LogP contribution in [0.1, 0.15) is 290 Å². The Morgan fingerprint density at radius 2 is 0.549 bits per heavy atom. The third kappa shape index (κ3) is 57.4. The Labute approximate surface area is 439 Å². The van der Waals surface area contributed by atoms with E-state index in [0.717, 1.165) is 128 Å². The van der Waals surface area contributed by atoms with E-state index in [4.69, 9.17) is 14.2 Å². The van der Waals surface area contributed by atoms with Crippen LogP contribution >= 0.6 is 0 Å². The van der Waals surface area contributed by atoms with Gasteiger partial charge in [-0.05, 0) is 89.9 Å². The Bertz CT molecular complexity index is 1370. The molecule has 0 aromatic heterocycles. The minimum Gasteiger partial charge on any atom is -0.462 e. The minimum absolute atomic E-state index is 0.0805. The fourth-order valence-electron chi connectivity index (χ4n) is 8.45. The van der Waals surface area contributed by atoms with Crippen molar-refractivity contribution in [2.45, 2.75) is 297 Å². The predicted octanol–water partition coefficient (Wildman–Crippen LogP) is 20.3. The van der Waals surface area contributed by atoms with Gasteiger partial charge in [-0.2, -0.15) is 0 Å². The van der Waals surface area contributed by atoms with Crippen LogP contribution in [-0.2, 0) is 28.6 Å². The molecule has 1 unspecified atom stereocenters. The first-order chi connectivity index (χ1) is 35.0. The number of esters is 3. The standard InChI is InChI=1S/C65H112O6/c1-4-7-10-13-15-17-19-21-23-24-25-26-27-28-29-30-31-32-33-34-35-36-37-38-39-40-42-43-45-47-49-52-55-58-64(67)70-61-62(60-69-63(66)57-54-51-12-9-6-3)71-65(68)59-56-53-50-48-46-44-41-22-20-18-16-14-11-8-5-2/h7-8,10-11,15-18,21-23,25-26,41,62H,4-6,9,12-14,19-20,24,27-40,42-61H2,1-3H3/b10-7-,11-8-,17-15-,18-16-,23-21-,26-25-,41-22-. The summed E-state index contributed by atoms with van der Waals surface area (Å²) < 4.78 is 16.7. The van der Waals surface area contributed by atoms with Crippen molar-refractivity contribution in [3.63, 3.8) is 0 Å². The smallest absolute Gasteiger partial charge is 0.306 e. The fraction of sp³-hybridized carbons (Fsp3) is 0.738. The van der Waals surface area contributed by atoms with Gasteiger partial charge in [0.1, 0.15) is 13.2 Å². The van der Waals surface area contributed by atoms with E-state index in [2.05, 4.69) is 106 Å². The lowest BCUT2D eigenvalue weighted by Crippen LogP contribution is -2.30. The molecule has 6 nitrogen and oxygen atoms in total. The largest absolute Gasteiger partial charge is 0.462 e. The first kappa shape index (κ1) is 67.6. The van der Waals surface area contributed by atoms with E-state index in [1.807, 2.05) is 0 Å². The van der Waals surface area contributed by atoms with Crippen molar-refractivity contribution in [2.75, 3.05) is 13.2 Å². The Morgan fingerprint density at radius 1 is 0.296 bits per heavy atom. The second-order valence-corrected chi connectivity index (χ2v) is 19.9. The molecule has 0 fully saturated rings. The molecule has 0 aromatic carbocycles. The zero-order valence-electron chi connectivity index (χ0n) is 46.7. The first-order valence-electron chi connectivity index (χ1n) is 30.1. The van der Waals surface area contributed by atoms with Gasteiger partial charge in [0.2, 0.25) is 0 Å². The van der Waals surface area contributed by atoms with Gasteiger partial charge >= 0.3 is 17.9 Å². The zero-order chi connectivity index (χ0) is 51.4. The van der Waals surface area contributed by atoms with Crippen LogP contribution in [0.5, 0.6) is 0 Å². The third-order valence-corrected chi connectivity index (χ3v) is 12.9. The van der Waals surface area contributed by atoms with Crippen LogP contribution in [0.15, 0.2) is 85.1 Å². The molecule has 408 valence electrons. The zero-order valence-corrected chi connectivity index (χ0v) is 46.7. The van der Waals surface area contributed by atoms with Gasteiger partial charge in [0.25, 0.3) is 0 Å². The van der Waals surface area contributed by atoms with E-state index in [9.17, 15) is 14.4 Å². The second kappa shape index (κ2) is 59.2. The lowest BCUT2D eigenvalue weighted by Gasteiger charge is -2.18. The van der Waals surface area contributed by atoms with E-state index >= 15 is 0 Å². The number of carbonyl (C=O) groups excluding carboxylic acids is 3. The molecule has 71 heavy (non-hydrogen) atoms. The quantitative estimate of drug-likeness (QED) is 0.0261. The van der Waals surface area contributed by atoms with Crippen LogP contribution in [0.3, 0.4) is 0 Å². The number of hydrogen-bond donors (Lipinski definition) is 0. The maximum atomic E-state index is 12.7. The molecule has 0 heterocycles. The Kier molecular flexibility index (Phi) is 56.3. The SMILES string of the molecule is CC/C=C\C/C=C\C/C=C\C/C=C\CCCCCCCCCCCCCCCCCCCCCCC(=O)OCC(COC(=O)CCCCCCC)OC(=O)CCCCCCC/C=C\C/C=C\C/C=C\CC. The van der Waals surface area contributed by atoms with Crippen molar-refractivity contribution in [1.29, 1.82) is 0 Å². The average molecular weight is 990 g/mol. The van der Waals surface area contributed by atoms with Crippen LogP contribution < -0.4 is 0 Å². The molecule has 1 atom stereocenters. The summed E-state index contributed by atoms with van der Waals surface area (Å²) >= 11 is 0. The number of unbranched alkanes of at least 4 members (excludes halogenated alkanes) is 29. The highest BCUT2D eigenvalue weighted by Gasteiger charge is 2.19. The van der Waals surface area contributed by atoms with E-state index in [1.54, 1.807) is 0 Å². The van der Waals surface area contributed by atoms with Gasteiger partial charge < -0.3 is 14.2 Å². The molecule has 0 aromatic rings. The highest BCUT2D eigenvalue weighted by Crippen LogP contribution is 2.17. The Balaban J connectivity index is 3.93. The summed E-state index contributed by atoms with van der Waals surface area (Å²) in [6.45, 7) is 6.33. The number of carbonyl (C=O) groups is 3. The van der Waals surface area contributed by atoms with E-state index in [-0.39, 0.29) is 31.1 Å². The van der Waals surface area contributed by atoms with Gasteiger partial charge in [-0.3, -0.25) is 14.4 Å². The number of ether oxygens (including phenoxy) is 3. The van der Waals surface area contributed by atoms with Gasteiger partial charge in [0.15, 0.2) is 6.10 Å².